The van der Waals surface area contributed by atoms with Crippen LogP contribution in [-0.4, -0.2) is 22.2 Å². The van der Waals surface area contributed by atoms with Crippen LogP contribution in [0.4, 0.5) is 0 Å². The number of phenolic OH excluding ortho intramolecular Hbond substituents is 1. The molecular formula is C23H21NO3. The molecule has 0 aliphatic rings. The topological polar surface area (TPSA) is 51.5 Å². The Morgan fingerprint density at radius 1 is 1.04 bits per heavy atom. The van der Waals surface area contributed by atoms with Gasteiger partial charge < -0.3 is 14.4 Å². The average Bonchev–Trinajstić information content (AvgIpc) is 2.93. The minimum absolute atomic E-state index is 0.135. The van der Waals surface area contributed by atoms with Gasteiger partial charge in [0.15, 0.2) is 0 Å². The van der Waals surface area contributed by atoms with Gasteiger partial charge in [-0.1, -0.05) is 42.5 Å². The quantitative estimate of drug-likeness (QED) is 0.520. The van der Waals surface area contributed by atoms with Crippen molar-refractivity contribution >= 4 is 27.6 Å². The van der Waals surface area contributed by atoms with E-state index in [4.69, 9.17) is 4.74 Å². The highest BCUT2D eigenvalue weighted by atomic mass is 16.5. The lowest BCUT2D eigenvalue weighted by Crippen LogP contribution is -2.08. The Balaban J connectivity index is 1.91. The fraction of sp³-hybridized carbons (Fsp3) is 0.174. The van der Waals surface area contributed by atoms with Gasteiger partial charge in [-0.2, -0.15) is 0 Å². The van der Waals surface area contributed by atoms with Crippen molar-refractivity contribution in [2.24, 2.45) is 0 Å². The Kier molecular flexibility index (Phi) is 4.32. The molecular weight excluding hydrogens is 338 g/mol. The normalized spacial score (nSPS) is 11.2. The van der Waals surface area contributed by atoms with Crippen LogP contribution < -0.4 is 0 Å². The molecule has 0 radical (unpaired) electrons. The highest BCUT2D eigenvalue weighted by Gasteiger charge is 2.21. The Morgan fingerprint density at radius 2 is 1.81 bits per heavy atom. The van der Waals surface area contributed by atoms with Gasteiger partial charge in [0.25, 0.3) is 0 Å². The molecule has 0 spiro atoms. The third-order valence-corrected chi connectivity index (χ3v) is 4.99. The fourth-order valence-corrected chi connectivity index (χ4v) is 3.74. The summed E-state index contributed by atoms with van der Waals surface area (Å²) in [6.07, 6.45) is 0. The maximum atomic E-state index is 12.6. The molecule has 0 atom stereocenters. The average molecular weight is 359 g/mol. The van der Waals surface area contributed by atoms with Crippen molar-refractivity contribution in [1.29, 1.82) is 0 Å². The maximum absolute atomic E-state index is 12.6. The predicted octanol–water partition coefficient (Wildman–Crippen LogP) is 5.03. The Hall–Kier alpha value is -3.27. The van der Waals surface area contributed by atoms with Gasteiger partial charge in [0.1, 0.15) is 5.75 Å². The van der Waals surface area contributed by atoms with Gasteiger partial charge >= 0.3 is 5.97 Å². The Bertz CT molecular complexity index is 1150. The lowest BCUT2D eigenvalue weighted by molar-refractivity contribution is 0.0527. The van der Waals surface area contributed by atoms with Crippen molar-refractivity contribution in [3.63, 3.8) is 0 Å². The number of phenols is 1. The summed E-state index contributed by atoms with van der Waals surface area (Å²) in [4.78, 5) is 12.6. The van der Waals surface area contributed by atoms with Crippen molar-refractivity contribution in [3.05, 3.63) is 77.5 Å². The molecule has 0 unspecified atom stereocenters. The number of carbonyl (C=O) groups excluding carboxylic acids is 1. The molecule has 1 heterocycles. The molecule has 4 rings (SSSR count). The first-order chi connectivity index (χ1) is 13.1. The molecule has 0 fully saturated rings. The van der Waals surface area contributed by atoms with Crippen molar-refractivity contribution in [2.75, 3.05) is 6.61 Å². The Labute approximate surface area is 157 Å². The number of ether oxygens (including phenoxy) is 1. The molecule has 4 heteroatoms. The number of nitrogens with zero attached hydrogens (tertiary/aromatic N) is 1. The van der Waals surface area contributed by atoms with Crippen LogP contribution in [0.3, 0.4) is 0 Å². The van der Waals surface area contributed by atoms with Crippen LogP contribution in [0.15, 0.2) is 60.7 Å². The van der Waals surface area contributed by atoms with Gasteiger partial charge in [0, 0.05) is 23.1 Å². The molecule has 0 saturated heterocycles. The Morgan fingerprint density at radius 3 is 2.63 bits per heavy atom. The highest BCUT2D eigenvalue weighted by molar-refractivity contribution is 6.06. The molecule has 27 heavy (non-hydrogen) atoms. The van der Waals surface area contributed by atoms with E-state index in [1.165, 1.54) is 16.3 Å². The van der Waals surface area contributed by atoms with E-state index in [9.17, 15) is 9.90 Å². The van der Waals surface area contributed by atoms with Crippen LogP contribution in [0, 0.1) is 6.92 Å². The number of carbonyl (C=O) groups is 1. The summed E-state index contributed by atoms with van der Waals surface area (Å²) in [6, 6.07) is 19.7. The first kappa shape index (κ1) is 17.2. The zero-order valence-electron chi connectivity index (χ0n) is 15.4. The van der Waals surface area contributed by atoms with Gasteiger partial charge in [-0.25, -0.2) is 4.79 Å². The van der Waals surface area contributed by atoms with Gasteiger partial charge in [0.2, 0.25) is 0 Å². The zero-order valence-corrected chi connectivity index (χ0v) is 15.4. The lowest BCUT2D eigenvalue weighted by atomic mass is 10.0. The first-order valence-corrected chi connectivity index (χ1v) is 9.05. The molecule has 1 aromatic heterocycles. The number of esters is 1. The van der Waals surface area contributed by atoms with Crippen molar-refractivity contribution in [3.8, 4) is 5.75 Å². The predicted molar refractivity (Wildman–Crippen MR) is 107 cm³/mol. The highest BCUT2D eigenvalue weighted by Crippen LogP contribution is 2.31. The summed E-state index contributed by atoms with van der Waals surface area (Å²) in [7, 11) is 0. The summed E-state index contributed by atoms with van der Waals surface area (Å²) >= 11 is 0. The minimum atomic E-state index is -0.359. The smallest absolute Gasteiger partial charge is 0.340 e. The third-order valence-electron chi connectivity index (χ3n) is 4.99. The number of aromatic hydroxyl groups is 1. The van der Waals surface area contributed by atoms with Crippen molar-refractivity contribution < 1.29 is 14.6 Å². The van der Waals surface area contributed by atoms with E-state index in [1.54, 1.807) is 19.1 Å². The second-order valence-corrected chi connectivity index (χ2v) is 6.61. The second kappa shape index (κ2) is 6.80. The lowest BCUT2D eigenvalue weighted by Gasteiger charge is -2.12. The molecule has 136 valence electrons. The van der Waals surface area contributed by atoms with E-state index in [2.05, 4.69) is 34.9 Å². The van der Waals surface area contributed by atoms with E-state index < -0.39 is 0 Å². The van der Waals surface area contributed by atoms with Crippen LogP contribution in [-0.2, 0) is 11.3 Å². The van der Waals surface area contributed by atoms with Crippen molar-refractivity contribution in [2.45, 2.75) is 20.4 Å². The molecule has 1 N–H and O–H groups in total. The molecule has 4 aromatic rings. The van der Waals surface area contributed by atoms with Crippen molar-refractivity contribution in [1.82, 2.24) is 4.57 Å². The van der Waals surface area contributed by atoms with E-state index in [0.717, 1.165) is 11.2 Å². The SMILES string of the molecule is CCOC(=O)c1c(C)n(Cc2cccc3ccccc23)c2ccc(O)cc12. The molecule has 0 bridgehead atoms. The second-order valence-electron chi connectivity index (χ2n) is 6.61. The molecule has 0 aliphatic carbocycles. The van der Waals surface area contributed by atoms with Gasteiger partial charge in [0.05, 0.1) is 12.2 Å². The maximum Gasteiger partial charge on any atom is 0.340 e. The van der Waals surface area contributed by atoms with Crippen LogP contribution in [0.25, 0.3) is 21.7 Å². The molecule has 0 aliphatic heterocycles. The number of rotatable bonds is 4. The van der Waals surface area contributed by atoms with Crippen LogP contribution in [0.1, 0.15) is 28.5 Å². The molecule has 0 amide bonds. The minimum Gasteiger partial charge on any atom is -0.508 e. The number of hydrogen-bond acceptors (Lipinski definition) is 3. The summed E-state index contributed by atoms with van der Waals surface area (Å²) in [5.41, 5.74) is 3.43. The summed E-state index contributed by atoms with van der Waals surface area (Å²) in [5, 5.41) is 13.0. The summed E-state index contributed by atoms with van der Waals surface area (Å²) in [5.74, 6) is -0.224. The zero-order chi connectivity index (χ0) is 19.0. The van der Waals surface area contributed by atoms with Crippen LogP contribution >= 0.6 is 0 Å². The standard InChI is InChI=1S/C23H21NO3/c1-3-27-23(26)22-15(2)24(21-12-11-18(25)13-20(21)22)14-17-9-6-8-16-7-4-5-10-19(16)17/h4-13,25H,3,14H2,1-2H3. The monoisotopic (exact) mass is 359 g/mol. The summed E-state index contributed by atoms with van der Waals surface area (Å²) < 4.78 is 7.37. The number of aromatic nitrogens is 1. The first-order valence-electron chi connectivity index (χ1n) is 9.05. The van der Waals surface area contributed by atoms with E-state index >= 15 is 0 Å². The largest absolute Gasteiger partial charge is 0.508 e. The number of benzene rings is 3. The van der Waals surface area contributed by atoms with E-state index in [0.29, 0.717) is 24.1 Å². The van der Waals surface area contributed by atoms with Crippen LogP contribution in [0.5, 0.6) is 5.75 Å². The number of hydrogen-bond donors (Lipinski definition) is 1. The third kappa shape index (κ3) is 2.93. The summed E-state index contributed by atoms with van der Waals surface area (Å²) in [6.45, 7) is 4.66. The molecule has 4 nitrogen and oxygen atoms in total. The van der Waals surface area contributed by atoms with Gasteiger partial charge in [-0.3, -0.25) is 0 Å². The molecule has 0 saturated carbocycles. The van der Waals surface area contributed by atoms with E-state index in [1.807, 2.05) is 25.1 Å². The fourth-order valence-electron chi connectivity index (χ4n) is 3.74. The van der Waals surface area contributed by atoms with Crippen LogP contribution in [0.2, 0.25) is 0 Å². The van der Waals surface area contributed by atoms with Gasteiger partial charge in [-0.15, -0.1) is 0 Å². The molecule has 3 aromatic carbocycles. The van der Waals surface area contributed by atoms with Gasteiger partial charge in [-0.05, 0) is 48.4 Å². The van der Waals surface area contributed by atoms with E-state index in [-0.39, 0.29) is 11.7 Å². The number of fused-ring (bicyclic) bond motifs is 2.